The molecule has 2 amide bonds. The van der Waals surface area contributed by atoms with Crippen LogP contribution in [0.3, 0.4) is 0 Å². The lowest BCUT2D eigenvalue weighted by Crippen LogP contribution is -2.41. The third kappa shape index (κ3) is 3.22. The number of nitrogen functional groups attached to an aromatic ring is 1. The monoisotopic (exact) mass is 377 g/mol. The Bertz CT molecular complexity index is 880. The fourth-order valence-electron chi connectivity index (χ4n) is 4.58. The largest absolute Gasteiger partial charge is 0.396 e. The number of aryl methyl sites for hydroxylation is 1. The van der Waals surface area contributed by atoms with Crippen molar-refractivity contribution in [2.75, 3.05) is 43.8 Å². The van der Waals surface area contributed by atoms with Crippen molar-refractivity contribution in [2.45, 2.75) is 13.3 Å². The van der Waals surface area contributed by atoms with E-state index in [0.717, 1.165) is 30.3 Å². The lowest BCUT2D eigenvalue weighted by molar-refractivity contribution is 0.159. The van der Waals surface area contributed by atoms with Gasteiger partial charge in [-0.05, 0) is 56.3 Å². The second-order valence-corrected chi connectivity index (χ2v) is 8.48. The zero-order valence-corrected chi connectivity index (χ0v) is 16.3. The summed E-state index contributed by atoms with van der Waals surface area (Å²) in [6, 6.07) is 11.8. The molecule has 2 aliphatic heterocycles. The highest BCUT2D eigenvalue weighted by Gasteiger charge is 2.56. The maximum atomic E-state index is 12.7. The topological polar surface area (TPSA) is 74.5 Å². The number of rotatable bonds is 4. The first-order valence-corrected chi connectivity index (χ1v) is 10.2. The van der Waals surface area contributed by atoms with Crippen molar-refractivity contribution in [1.29, 1.82) is 0 Å². The summed E-state index contributed by atoms with van der Waals surface area (Å²) in [7, 11) is 0. The van der Waals surface area contributed by atoms with Crippen LogP contribution in [-0.2, 0) is 0 Å². The van der Waals surface area contributed by atoms with Gasteiger partial charge in [0.25, 0.3) is 0 Å². The summed E-state index contributed by atoms with van der Waals surface area (Å²) in [5.41, 5.74) is 9.58. The molecule has 2 aromatic rings. The quantitative estimate of drug-likeness (QED) is 0.859. The van der Waals surface area contributed by atoms with Gasteiger partial charge in [0.15, 0.2) is 5.82 Å². The molecule has 6 heteroatoms. The summed E-state index contributed by atoms with van der Waals surface area (Å²) < 4.78 is 0. The fraction of sp³-hybridized carbons (Fsp3) is 0.455. The number of nitrogens with zero attached hydrogens (tertiary/aromatic N) is 3. The molecular weight excluding hydrogens is 350 g/mol. The van der Waals surface area contributed by atoms with Crippen LogP contribution in [0.15, 0.2) is 36.4 Å². The van der Waals surface area contributed by atoms with Gasteiger partial charge in [0, 0.05) is 25.2 Å². The Morgan fingerprint density at radius 2 is 1.86 bits per heavy atom. The minimum atomic E-state index is -0.0878. The molecule has 0 unspecified atom stereocenters. The number of piperidine rings is 1. The highest BCUT2D eigenvalue weighted by Crippen LogP contribution is 2.52. The Morgan fingerprint density at radius 1 is 1.14 bits per heavy atom. The Kier molecular flexibility index (Phi) is 4.23. The highest BCUT2D eigenvalue weighted by atomic mass is 16.2. The van der Waals surface area contributed by atoms with Gasteiger partial charge in [-0.3, -0.25) is 5.32 Å². The van der Waals surface area contributed by atoms with E-state index in [-0.39, 0.29) is 6.03 Å². The molecule has 1 aromatic heterocycles. The molecule has 3 heterocycles. The zero-order valence-electron chi connectivity index (χ0n) is 16.3. The van der Waals surface area contributed by atoms with Gasteiger partial charge in [-0.1, -0.05) is 29.8 Å². The molecule has 5 rings (SSSR count). The van der Waals surface area contributed by atoms with Gasteiger partial charge in [0.05, 0.1) is 11.4 Å². The SMILES string of the molecule is Cc1ccc(-c2ccc(N)c(NC(=O)N3C[C@@H]4[C@@H](CN5CCC5)[C@@H]4C3)n2)cc1. The maximum absolute atomic E-state index is 12.7. The zero-order chi connectivity index (χ0) is 19.3. The molecule has 3 fully saturated rings. The molecule has 146 valence electrons. The van der Waals surface area contributed by atoms with E-state index in [1.165, 1.54) is 31.6 Å². The molecule has 3 N–H and O–H groups in total. The summed E-state index contributed by atoms with van der Waals surface area (Å²) >= 11 is 0. The van der Waals surface area contributed by atoms with E-state index < -0.39 is 0 Å². The summed E-state index contributed by atoms with van der Waals surface area (Å²) in [6.07, 6.45) is 1.34. The smallest absolute Gasteiger partial charge is 0.323 e. The number of fused-ring (bicyclic) bond motifs is 1. The molecule has 0 radical (unpaired) electrons. The number of carbonyl (C=O) groups excluding carboxylic acids is 1. The van der Waals surface area contributed by atoms with E-state index in [1.807, 2.05) is 29.2 Å². The van der Waals surface area contributed by atoms with Gasteiger partial charge in [0.1, 0.15) is 0 Å². The van der Waals surface area contributed by atoms with Crippen LogP contribution in [0.1, 0.15) is 12.0 Å². The van der Waals surface area contributed by atoms with Crippen molar-refractivity contribution in [3.8, 4) is 11.3 Å². The standard InChI is InChI=1S/C22H27N5O/c1-14-3-5-15(6-4-14)20-8-7-19(23)21(24-20)25-22(28)27-12-17-16(18(17)13-27)11-26-9-2-10-26/h3-8,16-18H,2,9-13,23H2,1H3,(H,24,25,28)/t16-,17-,18+. The molecule has 2 saturated heterocycles. The van der Waals surface area contributed by atoms with Gasteiger partial charge < -0.3 is 15.5 Å². The van der Waals surface area contributed by atoms with Gasteiger partial charge in [0.2, 0.25) is 0 Å². The molecule has 28 heavy (non-hydrogen) atoms. The average Bonchev–Trinajstić information content (AvgIpc) is 3.08. The number of amides is 2. The van der Waals surface area contributed by atoms with Crippen LogP contribution in [0.4, 0.5) is 16.3 Å². The number of nitrogens with two attached hydrogens (primary N) is 1. The van der Waals surface area contributed by atoms with Crippen LogP contribution in [-0.4, -0.2) is 53.5 Å². The molecule has 3 atom stereocenters. The predicted molar refractivity (Wildman–Crippen MR) is 111 cm³/mol. The van der Waals surface area contributed by atoms with Crippen LogP contribution < -0.4 is 11.1 Å². The van der Waals surface area contributed by atoms with Gasteiger partial charge in [-0.15, -0.1) is 0 Å². The van der Waals surface area contributed by atoms with E-state index in [0.29, 0.717) is 23.3 Å². The molecule has 1 saturated carbocycles. The number of hydrogen-bond acceptors (Lipinski definition) is 4. The van der Waals surface area contributed by atoms with E-state index >= 15 is 0 Å². The number of hydrogen-bond donors (Lipinski definition) is 2. The molecule has 6 nitrogen and oxygen atoms in total. The van der Waals surface area contributed by atoms with Crippen LogP contribution in [0.5, 0.6) is 0 Å². The number of pyridine rings is 1. The minimum absolute atomic E-state index is 0.0878. The summed E-state index contributed by atoms with van der Waals surface area (Å²) in [6.45, 7) is 7.49. The number of likely N-dealkylation sites (tertiary alicyclic amines) is 2. The Balaban J connectivity index is 1.22. The number of anilines is 2. The summed E-state index contributed by atoms with van der Waals surface area (Å²) in [5.74, 6) is 2.59. The van der Waals surface area contributed by atoms with Crippen LogP contribution in [0.2, 0.25) is 0 Å². The van der Waals surface area contributed by atoms with Gasteiger partial charge >= 0.3 is 6.03 Å². The van der Waals surface area contributed by atoms with Gasteiger partial charge in [-0.25, -0.2) is 9.78 Å². The second-order valence-electron chi connectivity index (χ2n) is 8.48. The Labute approximate surface area is 165 Å². The van der Waals surface area contributed by atoms with Crippen molar-refractivity contribution in [1.82, 2.24) is 14.8 Å². The van der Waals surface area contributed by atoms with Crippen molar-refractivity contribution < 1.29 is 4.79 Å². The van der Waals surface area contributed by atoms with Crippen LogP contribution in [0.25, 0.3) is 11.3 Å². The number of nitrogens with one attached hydrogen (secondary N) is 1. The normalized spacial score (nSPS) is 25.9. The molecule has 1 aromatic carbocycles. The maximum Gasteiger partial charge on any atom is 0.323 e. The lowest BCUT2D eigenvalue weighted by atomic mass is 10.1. The minimum Gasteiger partial charge on any atom is -0.396 e. The number of aromatic nitrogens is 1. The first kappa shape index (κ1) is 17.5. The van der Waals surface area contributed by atoms with Crippen molar-refractivity contribution in [3.05, 3.63) is 42.0 Å². The first-order chi connectivity index (χ1) is 13.6. The van der Waals surface area contributed by atoms with Gasteiger partial charge in [-0.2, -0.15) is 0 Å². The third-order valence-corrected chi connectivity index (χ3v) is 6.58. The predicted octanol–water partition coefficient (Wildman–Crippen LogP) is 3.05. The summed E-state index contributed by atoms with van der Waals surface area (Å²) in [5, 5.41) is 2.93. The number of urea groups is 1. The molecule has 0 bridgehead atoms. The molecular formula is C22H27N5O. The van der Waals surface area contributed by atoms with E-state index in [2.05, 4.69) is 34.3 Å². The van der Waals surface area contributed by atoms with E-state index in [4.69, 9.17) is 5.73 Å². The Hall–Kier alpha value is -2.60. The highest BCUT2D eigenvalue weighted by molar-refractivity contribution is 5.92. The average molecular weight is 377 g/mol. The second kappa shape index (κ2) is 6.78. The van der Waals surface area contributed by atoms with Crippen LogP contribution >= 0.6 is 0 Å². The molecule has 0 spiro atoms. The molecule has 1 aliphatic carbocycles. The number of carbonyl (C=O) groups is 1. The number of benzene rings is 1. The van der Waals surface area contributed by atoms with E-state index in [9.17, 15) is 4.79 Å². The van der Waals surface area contributed by atoms with Crippen LogP contribution in [0, 0.1) is 24.7 Å². The first-order valence-electron chi connectivity index (χ1n) is 10.2. The van der Waals surface area contributed by atoms with Crippen molar-refractivity contribution in [2.24, 2.45) is 17.8 Å². The van der Waals surface area contributed by atoms with E-state index in [1.54, 1.807) is 0 Å². The summed E-state index contributed by atoms with van der Waals surface area (Å²) in [4.78, 5) is 21.8. The third-order valence-electron chi connectivity index (χ3n) is 6.58. The molecule has 3 aliphatic rings. The lowest BCUT2D eigenvalue weighted by Gasteiger charge is -2.31. The van der Waals surface area contributed by atoms with Crippen molar-refractivity contribution >= 4 is 17.5 Å². The fourth-order valence-corrected chi connectivity index (χ4v) is 4.58. The van der Waals surface area contributed by atoms with Crippen molar-refractivity contribution in [3.63, 3.8) is 0 Å². The Morgan fingerprint density at radius 3 is 2.50 bits per heavy atom.